The zero-order valence-corrected chi connectivity index (χ0v) is 13.5. The van der Waals surface area contributed by atoms with E-state index in [2.05, 4.69) is 62.0 Å². The van der Waals surface area contributed by atoms with Gasteiger partial charge in [-0.25, -0.2) is 9.97 Å². The van der Waals surface area contributed by atoms with E-state index < -0.39 is 0 Å². The molecule has 0 spiro atoms. The molecule has 0 saturated carbocycles. The summed E-state index contributed by atoms with van der Waals surface area (Å²) in [6.07, 6.45) is 3.68. The van der Waals surface area contributed by atoms with Crippen molar-refractivity contribution in [3.63, 3.8) is 0 Å². The van der Waals surface area contributed by atoms with Crippen LogP contribution in [-0.2, 0) is 11.3 Å². The van der Waals surface area contributed by atoms with Crippen LogP contribution in [0.1, 0.15) is 24.4 Å². The monoisotopic (exact) mass is 347 g/mol. The van der Waals surface area contributed by atoms with Crippen LogP contribution in [0.25, 0.3) is 0 Å². The fourth-order valence-corrected chi connectivity index (χ4v) is 2.94. The van der Waals surface area contributed by atoms with Gasteiger partial charge in [0.2, 0.25) is 0 Å². The molecule has 4 nitrogen and oxygen atoms in total. The minimum atomic E-state index is 0.0931. The fraction of sp³-hybridized carbons (Fsp3) is 0.375. The van der Waals surface area contributed by atoms with Crippen molar-refractivity contribution in [3.05, 3.63) is 58.6 Å². The van der Waals surface area contributed by atoms with Gasteiger partial charge in [0.05, 0.1) is 19.3 Å². The van der Waals surface area contributed by atoms with Crippen molar-refractivity contribution in [2.24, 2.45) is 0 Å². The molecule has 2 heterocycles. The molecule has 1 saturated heterocycles. The Bertz CT molecular complexity index is 576. The molecule has 1 aromatic heterocycles. The molecule has 2 atom stereocenters. The molecule has 1 aliphatic rings. The summed E-state index contributed by atoms with van der Waals surface area (Å²) >= 11 is 3.47. The lowest BCUT2D eigenvalue weighted by Gasteiger charge is -2.39. The average Bonchev–Trinajstić information content (AvgIpc) is 2.52. The first-order valence-corrected chi connectivity index (χ1v) is 7.90. The van der Waals surface area contributed by atoms with Gasteiger partial charge in [-0.05, 0) is 30.7 Å². The van der Waals surface area contributed by atoms with E-state index >= 15 is 0 Å². The van der Waals surface area contributed by atoms with E-state index in [0.717, 1.165) is 30.0 Å². The maximum Gasteiger partial charge on any atom is 0.142 e. The van der Waals surface area contributed by atoms with Crippen LogP contribution in [0.2, 0.25) is 0 Å². The molecule has 5 heteroatoms. The summed E-state index contributed by atoms with van der Waals surface area (Å²) in [6.45, 7) is 4.61. The number of nitrogens with zero attached hydrogens (tertiary/aromatic N) is 3. The lowest BCUT2D eigenvalue weighted by atomic mass is 10.0. The Balaban J connectivity index is 1.74. The van der Waals surface area contributed by atoms with Gasteiger partial charge in [-0.2, -0.15) is 0 Å². The zero-order valence-electron chi connectivity index (χ0n) is 11.9. The van der Waals surface area contributed by atoms with Gasteiger partial charge in [-0.1, -0.05) is 28.1 Å². The highest BCUT2D eigenvalue weighted by Crippen LogP contribution is 2.29. The third kappa shape index (κ3) is 3.48. The summed E-state index contributed by atoms with van der Waals surface area (Å²) in [5.74, 6) is 0.862. The molecule has 1 aromatic carbocycles. The molecular formula is C16H18BrN3O. The number of hydrogen-bond acceptors (Lipinski definition) is 4. The predicted molar refractivity (Wildman–Crippen MR) is 84.7 cm³/mol. The number of halogens is 1. The Morgan fingerprint density at radius 3 is 2.67 bits per heavy atom. The molecule has 1 fully saturated rings. The highest BCUT2D eigenvalue weighted by molar-refractivity contribution is 9.10. The SMILES string of the molecule is C[C@@H]1[C@@H](c2ccc(Br)cc2)OCCN1Cc1ncccn1. The summed E-state index contributed by atoms with van der Waals surface area (Å²) in [4.78, 5) is 11.0. The first-order chi connectivity index (χ1) is 10.2. The zero-order chi connectivity index (χ0) is 14.7. The second-order valence-electron chi connectivity index (χ2n) is 5.22. The normalized spacial score (nSPS) is 23.1. The third-order valence-corrected chi connectivity index (χ3v) is 4.38. The van der Waals surface area contributed by atoms with Crippen molar-refractivity contribution in [1.29, 1.82) is 0 Å². The Hall–Kier alpha value is -1.30. The molecule has 21 heavy (non-hydrogen) atoms. The molecule has 0 amide bonds. The van der Waals surface area contributed by atoms with Crippen molar-refractivity contribution < 1.29 is 4.74 Å². The quantitative estimate of drug-likeness (QED) is 0.854. The summed E-state index contributed by atoms with van der Waals surface area (Å²) in [7, 11) is 0. The molecule has 0 bridgehead atoms. The van der Waals surface area contributed by atoms with Crippen molar-refractivity contribution in [2.45, 2.75) is 25.6 Å². The molecule has 2 aromatic rings. The Kier molecular flexibility index (Phi) is 4.63. The Morgan fingerprint density at radius 1 is 1.24 bits per heavy atom. The smallest absolute Gasteiger partial charge is 0.142 e. The van der Waals surface area contributed by atoms with Crippen LogP contribution >= 0.6 is 15.9 Å². The van der Waals surface area contributed by atoms with Crippen molar-refractivity contribution >= 4 is 15.9 Å². The van der Waals surface area contributed by atoms with Gasteiger partial charge in [-0.15, -0.1) is 0 Å². The highest BCUT2D eigenvalue weighted by Gasteiger charge is 2.30. The van der Waals surface area contributed by atoms with Crippen molar-refractivity contribution in [2.75, 3.05) is 13.2 Å². The molecule has 0 aliphatic carbocycles. The standard InChI is InChI=1S/C16H18BrN3O/c1-12-16(13-3-5-14(17)6-4-13)21-10-9-20(12)11-15-18-7-2-8-19-15/h2-8,12,16H,9-11H2,1H3/t12-,16+/m1/s1. The van der Waals surface area contributed by atoms with Crippen LogP contribution in [0, 0.1) is 0 Å². The first-order valence-electron chi connectivity index (χ1n) is 7.11. The predicted octanol–water partition coefficient (Wildman–Crippen LogP) is 3.20. The number of aromatic nitrogens is 2. The van der Waals surface area contributed by atoms with Gasteiger partial charge >= 0.3 is 0 Å². The highest BCUT2D eigenvalue weighted by atomic mass is 79.9. The number of rotatable bonds is 3. The van der Waals surface area contributed by atoms with Crippen LogP contribution in [0.5, 0.6) is 0 Å². The van der Waals surface area contributed by atoms with E-state index in [4.69, 9.17) is 4.74 Å². The number of benzene rings is 1. The van der Waals surface area contributed by atoms with Gasteiger partial charge < -0.3 is 4.74 Å². The largest absolute Gasteiger partial charge is 0.371 e. The topological polar surface area (TPSA) is 38.2 Å². The Labute approximate surface area is 133 Å². The van der Waals surface area contributed by atoms with Gasteiger partial charge in [0, 0.05) is 29.5 Å². The van der Waals surface area contributed by atoms with E-state index in [1.54, 1.807) is 12.4 Å². The van der Waals surface area contributed by atoms with Crippen molar-refractivity contribution in [3.8, 4) is 0 Å². The van der Waals surface area contributed by atoms with Crippen molar-refractivity contribution in [1.82, 2.24) is 14.9 Å². The van der Waals surface area contributed by atoms with E-state index in [1.807, 2.05) is 6.07 Å². The second kappa shape index (κ2) is 6.64. The minimum absolute atomic E-state index is 0.0931. The molecule has 0 radical (unpaired) electrons. The number of ether oxygens (including phenoxy) is 1. The lowest BCUT2D eigenvalue weighted by Crippen LogP contribution is -2.45. The molecule has 0 N–H and O–H groups in total. The van der Waals surface area contributed by atoms with E-state index in [-0.39, 0.29) is 6.10 Å². The van der Waals surface area contributed by atoms with E-state index in [9.17, 15) is 0 Å². The van der Waals surface area contributed by atoms with E-state index in [1.165, 1.54) is 5.56 Å². The Morgan fingerprint density at radius 2 is 1.95 bits per heavy atom. The van der Waals surface area contributed by atoms with Crippen LogP contribution in [0.3, 0.4) is 0 Å². The summed E-state index contributed by atoms with van der Waals surface area (Å²) < 4.78 is 7.07. The first kappa shape index (κ1) is 14.6. The van der Waals surface area contributed by atoms with Gasteiger partial charge in [0.25, 0.3) is 0 Å². The van der Waals surface area contributed by atoms with Crippen LogP contribution in [0.4, 0.5) is 0 Å². The summed E-state index contributed by atoms with van der Waals surface area (Å²) in [5.41, 5.74) is 1.21. The fourth-order valence-electron chi connectivity index (χ4n) is 2.67. The average molecular weight is 348 g/mol. The van der Waals surface area contributed by atoms with E-state index in [0.29, 0.717) is 6.04 Å². The van der Waals surface area contributed by atoms with Gasteiger partial charge in [-0.3, -0.25) is 4.90 Å². The van der Waals surface area contributed by atoms with Crippen LogP contribution < -0.4 is 0 Å². The van der Waals surface area contributed by atoms with Crippen LogP contribution in [-0.4, -0.2) is 34.1 Å². The maximum atomic E-state index is 5.99. The molecular weight excluding hydrogens is 330 g/mol. The van der Waals surface area contributed by atoms with Crippen LogP contribution in [0.15, 0.2) is 47.2 Å². The lowest BCUT2D eigenvalue weighted by molar-refractivity contribution is -0.0710. The van der Waals surface area contributed by atoms with Gasteiger partial charge in [0.1, 0.15) is 5.82 Å². The molecule has 110 valence electrons. The summed E-state index contributed by atoms with van der Waals surface area (Å²) in [5, 5.41) is 0. The molecule has 0 unspecified atom stereocenters. The summed E-state index contributed by atoms with van der Waals surface area (Å²) in [6, 6.07) is 10.5. The maximum absolute atomic E-state index is 5.99. The number of morpholine rings is 1. The molecule has 1 aliphatic heterocycles. The minimum Gasteiger partial charge on any atom is -0.371 e. The third-order valence-electron chi connectivity index (χ3n) is 3.85. The van der Waals surface area contributed by atoms with Gasteiger partial charge in [0.15, 0.2) is 0 Å². The second-order valence-corrected chi connectivity index (χ2v) is 6.13. The molecule has 3 rings (SSSR count). The number of hydrogen-bond donors (Lipinski definition) is 0.